The van der Waals surface area contributed by atoms with E-state index in [2.05, 4.69) is 15.0 Å². The average Bonchev–Trinajstić information content (AvgIpc) is 1.81. The van der Waals surface area contributed by atoms with Crippen LogP contribution in [-0.2, 0) is 0 Å². The third-order valence-electron chi connectivity index (χ3n) is 0.901. The highest BCUT2D eigenvalue weighted by atomic mass is 19.1. The van der Waals surface area contributed by atoms with Crippen molar-refractivity contribution in [3.05, 3.63) is 12.2 Å². The van der Waals surface area contributed by atoms with E-state index >= 15 is 0 Å². The first-order valence-electron chi connectivity index (χ1n) is 3.31. The lowest BCUT2D eigenvalue weighted by atomic mass is 10.5. The second kappa shape index (κ2) is 3.38. The summed E-state index contributed by atoms with van der Waals surface area (Å²) >= 11 is 0. The Bertz CT molecular complexity index is 259. The molecule has 1 heterocycles. The van der Waals surface area contributed by atoms with E-state index < -0.39 is 12.2 Å². The van der Waals surface area contributed by atoms with Gasteiger partial charge in [-0.1, -0.05) is 0 Å². The summed E-state index contributed by atoms with van der Waals surface area (Å²) in [5.74, 6) is 0. The lowest BCUT2D eigenvalue weighted by Crippen LogP contribution is -2.11. The summed E-state index contributed by atoms with van der Waals surface area (Å²) in [6.07, 6.45) is -2.59. The molecular formula is C6H7F2N3O. The molecule has 66 valence electrons. The number of hydrogen-bond acceptors (Lipinski definition) is 4. The van der Waals surface area contributed by atoms with Gasteiger partial charge in [-0.25, -0.2) is 0 Å². The molecule has 0 saturated carbocycles. The van der Waals surface area contributed by atoms with Crippen LogP contribution in [0.2, 0.25) is 0 Å². The van der Waals surface area contributed by atoms with E-state index in [1.54, 1.807) is 13.8 Å². The van der Waals surface area contributed by atoms with Crippen LogP contribution in [0, 0.1) is 12.2 Å². The molecule has 0 aromatic carbocycles. The van der Waals surface area contributed by atoms with Crippen LogP contribution in [0.1, 0.15) is 13.8 Å². The predicted molar refractivity (Wildman–Crippen MR) is 35.5 cm³/mol. The summed E-state index contributed by atoms with van der Waals surface area (Å²) in [5, 5.41) is 0. The Balaban J connectivity index is 2.85. The molecule has 0 unspecified atom stereocenters. The van der Waals surface area contributed by atoms with Crippen molar-refractivity contribution in [2.24, 2.45) is 0 Å². The molecule has 0 radical (unpaired) electrons. The second-order valence-electron chi connectivity index (χ2n) is 2.32. The SMILES string of the molecule is CC(C)Oc1nc(F)nc(F)n1. The lowest BCUT2D eigenvalue weighted by Gasteiger charge is -2.05. The average molecular weight is 175 g/mol. The summed E-state index contributed by atoms with van der Waals surface area (Å²) in [6, 6.07) is -0.338. The molecule has 0 saturated heterocycles. The Kier molecular flexibility index (Phi) is 2.47. The van der Waals surface area contributed by atoms with E-state index in [-0.39, 0.29) is 12.1 Å². The van der Waals surface area contributed by atoms with E-state index in [4.69, 9.17) is 4.74 Å². The van der Waals surface area contributed by atoms with Gasteiger partial charge in [0.05, 0.1) is 6.10 Å². The molecule has 1 aromatic rings. The zero-order chi connectivity index (χ0) is 9.14. The van der Waals surface area contributed by atoms with Crippen LogP contribution in [0.5, 0.6) is 6.01 Å². The van der Waals surface area contributed by atoms with Gasteiger partial charge in [0.1, 0.15) is 0 Å². The Labute approximate surface area is 67.6 Å². The maximum atomic E-state index is 12.3. The Morgan fingerprint density at radius 2 is 1.58 bits per heavy atom. The molecule has 1 aromatic heterocycles. The predicted octanol–water partition coefficient (Wildman–Crippen LogP) is 0.937. The van der Waals surface area contributed by atoms with E-state index in [0.29, 0.717) is 0 Å². The molecule has 0 N–H and O–H groups in total. The first-order valence-corrected chi connectivity index (χ1v) is 3.31. The van der Waals surface area contributed by atoms with Gasteiger partial charge in [0.25, 0.3) is 0 Å². The highest BCUT2D eigenvalue weighted by Gasteiger charge is 2.07. The van der Waals surface area contributed by atoms with Crippen LogP contribution in [-0.4, -0.2) is 21.1 Å². The molecular weight excluding hydrogens is 168 g/mol. The third-order valence-corrected chi connectivity index (χ3v) is 0.901. The minimum absolute atomic E-state index is 0.230. The van der Waals surface area contributed by atoms with Crippen molar-refractivity contribution in [2.75, 3.05) is 0 Å². The smallest absolute Gasteiger partial charge is 0.324 e. The van der Waals surface area contributed by atoms with Gasteiger partial charge in [0.15, 0.2) is 0 Å². The van der Waals surface area contributed by atoms with Crippen LogP contribution in [0.25, 0.3) is 0 Å². The van der Waals surface area contributed by atoms with Crippen LogP contribution in [0.15, 0.2) is 0 Å². The van der Waals surface area contributed by atoms with Gasteiger partial charge in [-0.2, -0.15) is 13.8 Å². The Morgan fingerprint density at radius 1 is 1.08 bits per heavy atom. The number of ether oxygens (including phenoxy) is 1. The van der Waals surface area contributed by atoms with Gasteiger partial charge in [0, 0.05) is 0 Å². The number of hydrogen-bond donors (Lipinski definition) is 0. The van der Waals surface area contributed by atoms with E-state index in [1.165, 1.54) is 0 Å². The molecule has 1 rings (SSSR count). The van der Waals surface area contributed by atoms with Crippen molar-refractivity contribution < 1.29 is 13.5 Å². The Morgan fingerprint density at radius 3 is 2.00 bits per heavy atom. The van der Waals surface area contributed by atoms with Gasteiger partial charge in [0.2, 0.25) is 0 Å². The van der Waals surface area contributed by atoms with Gasteiger partial charge in [-0.05, 0) is 13.8 Å². The molecule has 0 aliphatic heterocycles. The van der Waals surface area contributed by atoms with Gasteiger partial charge in [-0.15, -0.1) is 9.97 Å². The van der Waals surface area contributed by atoms with E-state index in [0.717, 1.165) is 0 Å². The fourth-order valence-electron chi connectivity index (χ4n) is 0.572. The first-order chi connectivity index (χ1) is 5.58. The van der Waals surface area contributed by atoms with Crippen LogP contribution < -0.4 is 4.74 Å². The highest BCUT2D eigenvalue weighted by molar-refractivity contribution is 4.89. The highest BCUT2D eigenvalue weighted by Crippen LogP contribution is 2.03. The fourth-order valence-corrected chi connectivity index (χ4v) is 0.572. The minimum atomic E-state index is -1.18. The fraction of sp³-hybridized carbons (Fsp3) is 0.500. The molecule has 0 aliphatic carbocycles. The standard InChI is InChI=1S/C6H7F2N3O/c1-3(2)12-6-10-4(7)9-5(8)11-6/h3H,1-2H3. The zero-order valence-electron chi connectivity index (χ0n) is 6.58. The van der Waals surface area contributed by atoms with Crippen molar-refractivity contribution in [2.45, 2.75) is 20.0 Å². The summed E-state index contributed by atoms with van der Waals surface area (Å²) in [4.78, 5) is 8.95. The van der Waals surface area contributed by atoms with Crippen LogP contribution in [0.4, 0.5) is 8.78 Å². The van der Waals surface area contributed by atoms with Gasteiger partial charge in [-0.3, -0.25) is 0 Å². The number of halogens is 2. The van der Waals surface area contributed by atoms with Crippen LogP contribution >= 0.6 is 0 Å². The maximum absolute atomic E-state index is 12.3. The number of aromatic nitrogens is 3. The van der Waals surface area contributed by atoms with Crippen molar-refractivity contribution in [1.82, 2.24) is 15.0 Å². The van der Waals surface area contributed by atoms with Gasteiger partial charge < -0.3 is 4.74 Å². The number of nitrogens with zero attached hydrogens (tertiary/aromatic N) is 3. The van der Waals surface area contributed by atoms with Crippen molar-refractivity contribution in [3.63, 3.8) is 0 Å². The van der Waals surface area contributed by atoms with Crippen LogP contribution in [0.3, 0.4) is 0 Å². The quantitative estimate of drug-likeness (QED) is 0.671. The molecule has 0 fully saturated rings. The monoisotopic (exact) mass is 175 g/mol. The van der Waals surface area contributed by atoms with E-state index in [9.17, 15) is 8.78 Å². The largest absolute Gasteiger partial charge is 0.461 e. The molecule has 12 heavy (non-hydrogen) atoms. The number of rotatable bonds is 2. The second-order valence-corrected chi connectivity index (χ2v) is 2.32. The molecule has 4 nitrogen and oxygen atoms in total. The summed E-state index contributed by atoms with van der Waals surface area (Å²) in [7, 11) is 0. The molecule has 0 atom stereocenters. The van der Waals surface area contributed by atoms with E-state index in [1.807, 2.05) is 0 Å². The first kappa shape index (κ1) is 8.76. The van der Waals surface area contributed by atoms with Crippen molar-refractivity contribution in [3.8, 4) is 6.01 Å². The zero-order valence-corrected chi connectivity index (χ0v) is 6.58. The maximum Gasteiger partial charge on any atom is 0.324 e. The topological polar surface area (TPSA) is 47.9 Å². The molecule has 0 spiro atoms. The lowest BCUT2D eigenvalue weighted by molar-refractivity contribution is 0.211. The molecule has 0 aliphatic rings. The van der Waals surface area contributed by atoms with Crippen molar-refractivity contribution in [1.29, 1.82) is 0 Å². The summed E-state index contributed by atoms with van der Waals surface area (Å²) in [6.45, 7) is 3.39. The Hall–Kier alpha value is -1.33. The molecule has 6 heteroatoms. The van der Waals surface area contributed by atoms with Gasteiger partial charge >= 0.3 is 18.2 Å². The third kappa shape index (κ3) is 2.37. The molecule has 0 bridgehead atoms. The molecule has 0 amide bonds. The van der Waals surface area contributed by atoms with Crippen molar-refractivity contribution >= 4 is 0 Å². The summed E-state index contributed by atoms with van der Waals surface area (Å²) < 4.78 is 29.4. The minimum Gasteiger partial charge on any atom is -0.461 e. The normalized spacial score (nSPS) is 10.4. The summed E-state index contributed by atoms with van der Waals surface area (Å²) in [5.41, 5.74) is 0.